The van der Waals surface area contributed by atoms with Crippen LogP contribution in [0.15, 0.2) is 67.0 Å². The van der Waals surface area contributed by atoms with Crippen LogP contribution in [0.25, 0.3) is 11.1 Å². The summed E-state index contributed by atoms with van der Waals surface area (Å²) in [4.78, 5) is 49.5. The minimum atomic E-state index is -0.790. The van der Waals surface area contributed by atoms with E-state index in [0.717, 1.165) is 11.1 Å². The van der Waals surface area contributed by atoms with Gasteiger partial charge in [0.15, 0.2) is 0 Å². The van der Waals surface area contributed by atoms with E-state index in [0.29, 0.717) is 16.8 Å². The van der Waals surface area contributed by atoms with Gasteiger partial charge in [-0.05, 0) is 28.8 Å². The number of hydrogen-bond acceptors (Lipinski definition) is 5. The maximum Gasteiger partial charge on any atom is 0.353 e. The lowest BCUT2D eigenvalue weighted by Gasteiger charge is -2.18. The molecule has 0 spiro atoms. The maximum atomic E-state index is 13.1. The van der Waals surface area contributed by atoms with Crippen molar-refractivity contribution in [3.05, 3.63) is 78.1 Å². The Balaban J connectivity index is 1.84. The van der Waals surface area contributed by atoms with Crippen molar-refractivity contribution in [2.45, 2.75) is 13.5 Å². The molecule has 1 aliphatic rings. The number of benzene rings is 2. The number of hydrogen-bond donors (Lipinski definition) is 2. The van der Waals surface area contributed by atoms with Crippen LogP contribution in [-0.2, 0) is 25.7 Å². The van der Waals surface area contributed by atoms with Gasteiger partial charge >= 0.3 is 5.97 Å². The zero-order valence-electron chi connectivity index (χ0n) is 17.2. The van der Waals surface area contributed by atoms with Crippen molar-refractivity contribution in [1.29, 1.82) is 0 Å². The van der Waals surface area contributed by atoms with Gasteiger partial charge in [-0.25, -0.2) is 4.79 Å². The summed E-state index contributed by atoms with van der Waals surface area (Å²) in [6.45, 7) is 8.74. The average molecular weight is 419 g/mol. The Kier molecular flexibility index (Phi) is 6.01. The molecule has 1 aliphatic heterocycles. The molecule has 0 fully saturated rings. The number of rotatable bonds is 6. The number of nitrogens with zero attached hydrogens (tertiary/aromatic N) is 1. The van der Waals surface area contributed by atoms with Gasteiger partial charge in [-0.15, -0.1) is 0 Å². The molecule has 2 N–H and O–H groups in total. The highest BCUT2D eigenvalue weighted by molar-refractivity contribution is 6.10. The summed E-state index contributed by atoms with van der Waals surface area (Å²) in [5.41, 5.74) is 2.98. The number of methoxy groups -OCH3 is 1. The van der Waals surface area contributed by atoms with Crippen molar-refractivity contribution < 1.29 is 23.9 Å². The molecule has 0 atom stereocenters. The molecular weight excluding hydrogens is 398 g/mol. The normalized spacial score (nSPS) is 12.1. The molecule has 8 heteroatoms. The van der Waals surface area contributed by atoms with E-state index in [4.69, 9.17) is 0 Å². The predicted molar refractivity (Wildman–Crippen MR) is 114 cm³/mol. The third-order valence-electron chi connectivity index (χ3n) is 4.74. The Bertz CT molecular complexity index is 1120. The van der Waals surface area contributed by atoms with E-state index in [9.17, 15) is 19.2 Å². The van der Waals surface area contributed by atoms with Crippen LogP contribution in [0, 0.1) is 0 Å². The van der Waals surface area contributed by atoms with Crippen molar-refractivity contribution in [2.75, 3.05) is 12.4 Å². The van der Waals surface area contributed by atoms with Crippen LogP contribution >= 0.6 is 0 Å². The number of carbonyl (C=O) groups excluding carboxylic acids is 4. The van der Waals surface area contributed by atoms with Gasteiger partial charge in [0.05, 0.1) is 19.2 Å². The molecule has 0 saturated carbocycles. The largest absolute Gasteiger partial charge is 0.464 e. The zero-order valence-corrected chi connectivity index (χ0v) is 17.2. The smallest absolute Gasteiger partial charge is 0.353 e. The molecule has 2 aromatic carbocycles. The van der Waals surface area contributed by atoms with Gasteiger partial charge in [-0.2, -0.15) is 0 Å². The van der Waals surface area contributed by atoms with Crippen LogP contribution in [0.2, 0.25) is 0 Å². The number of amides is 3. The van der Waals surface area contributed by atoms with Crippen LogP contribution in [0.3, 0.4) is 0 Å². The molecule has 2 aromatic rings. The van der Waals surface area contributed by atoms with Crippen LogP contribution < -0.4 is 10.6 Å². The van der Waals surface area contributed by atoms with E-state index >= 15 is 0 Å². The number of carbonyl (C=O) groups is 4. The average Bonchev–Trinajstić information content (AvgIpc) is 3.09. The maximum absolute atomic E-state index is 13.1. The lowest BCUT2D eigenvalue weighted by Crippen LogP contribution is -2.36. The van der Waals surface area contributed by atoms with E-state index < -0.39 is 11.9 Å². The summed E-state index contributed by atoms with van der Waals surface area (Å²) in [5.74, 6) is -2.06. The Morgan fingerprint density at radius 1 is 1.06 bits per heavy atom. The van der Waals surface area contributed by atoms with Crippen LogP contribution in [-0.4, -0.2) is 35.7 Å². The second-order valence-electron chi connectivity index (χ2n) is 6.86. The quantitative estimate of drug-likeness (QED) is 0.553. The highest BCUT2D eigenvalue weighted by atomic mass is 16.5. The lowest BCUT2D eigenvalue weighted by atomic mass is 9.96. The third kappa shape index (κ3) is 4.37. The Morgan fingerprint density at radius 2 is 1.74 bits per heavy atom. The minimum Gasteiger partial charge on any atom is -0.464 e. The van der Waals surface area contributed by atoms with Crippen molar-refractivity contribution in [3.63, 3.8) is 0 Å². The fraction of sp³-hybridized carbons (Fsp3) is 0.130. The summed E-state index contributed by atoms with van der Waals surface area (Å²) in [6, 6.07) is 12.6. The zero-order chi connectivity index (χ0) is 22.7. The standard InChI is InChI=1S/C23H21N3O5/c1-13(23(30)31-4)24-21(28)14(2)26-12-17-6-5-7-19(20(17)22(26)29)16-8-10-18(11-9-16)25-15(3)27/h5-11H,1-2,12H2,3-4H3,(H,24,28)(H,25,27). The van der Waals surface area contributed by atoms with Crippen LogP contribution in [0.4, 0.5) is 5.69 Å². The fourth-order valence-corrected chi connectivity index (χ4v) is 3.26. The second-order valence-corrected chi connectivity index (χ2v) is 6.86. The molecule has 1 heterocycles. The summed E-state index contributed by atoms with van der Waals surface area (Å²) in [5, 5.41) is 4.98. The number of esters is 1. The van der Waals surface area contributed by atoms with Crippen molar-refractivity contribution in [2.24, 2.45) is 0 Å². The molecule has 0 bridgehead atoms. The number of ether oxygens (including phenoxy) is 1. The molecular formula is C23H21N3O5. The summed E-state index contributed by atoms with van der Waals surface area (Å²) < 4.78 is 4.50. The first-order chi connectivity index (χ1) is 14.7. The number of anilines is 1. The Morgan fingerprint density at radius 3 is 2.35 bits per heavy atom. The first kappa shape index (κ1) is 21.5. The van der Waals surface area contributed by atoms with Gasteiger partial charge in [0.2, 0.25) is 5.91 Å². The molecule has 8 nitrogen and oxygen atoms in total. The molecule has 0 aliphatic carbocycles. The van der Waals surface area contributed by atoms with Gasteiger partial charge in [0, 0.05) is 12.6 Å². The van der Waals surface area contributed by atoms with E-state index in [1.54, 1.807) is 30.3 Å². The fourth-order valence-electron chi connectivity index (χ4n) is 3.26. The van der Waals surface area contributed by atoms with Gasteiger partial charge in [0.25, 0.3) is 11.8 Å². The Labute approximate surface area is 179 Å². The molecule has 31 heavy (non-hydrogen) atoms. The second kappa shape index (κ2) is 8.66. The van der Waals surface area contributed by atoms with Crippen LogP contribution in [0.5, 0.6) is 0 Å². The molecule has 0 radical (unpaired) electrons. The van der Waals surface area contributed by atoms with E-state index in [-0.39, 0.29) is 29.8 Å². The predicted octanol–water partition coefficient (Wildman–Crippen LogP) is 2.58. The highest BCUT2D eigenvalue weighted by Crippen LogP contribution is 2.34. The van der Waals surface area contributed by atoms with E-state index in [1.165, 1.54) is 18.9 Å². The Hall–Kier alpha value is -4.20. The first-order valence-corrected chi connectivity index (χ1v) is 9.32. The molecule has 0 saturated heterocycles. The van der Waals surface area contributed by atoms with Crippen molar-refractivity contribution in [3.8, 4) is 11.1 Å². The van der Waals surface area contributed by atoms with Crippen LogP contribution in [0.1, 0.15) is 22.8 Å². The van der Waals surface area contributed by atoms with E-state index in [2.05, 4.69) is 28.5 Å². The summed E-state index contributed by atoms with van der Waals surface area (Å²) in [7, 11) is 1.17. The van der Waals surface area contributed by atoms with Gasteiger partial charge < -0.3 is 15.4 Å². The van der Waals surface area contributed by atoms with E-state index in [1.807, 2.05) is 12.1 Å². The monoisotopic (exact) mass is 419 g/mol. The highest BCUT2D eigenvalue weighted by Gasteiger charge is 2.34. The summed E-state index contributed by atoms with van der Waals surface area (Å²) in [6.07, 6.45) is 0. The van der Waals surface area contributed by atoms with Crippen molar-refractivity contribution in [1.82, 2.24) is 10.2 Å². The third-order valence-corrected chi connectivity index (χ3v) is 4.74. The molecule has 3 rings (SSSR count). The van der Waals surface area contributed by atoms with Gasteiger partial charge in [-0.1, -0.05) is 43.5 Å². The molecule has 158 valence electrons. The van der Waals surface area contributed by atoms with Gasteiger partial charge in [-0.3, -0.25) is 19.3 Å². The minimum absolute atomic E-state index is 0.113. The summed E-state index contributed by atoms with van der Waals surface area (Å²) >= 11 is 0. The number of fused-ring (bicyclic) bond motifs is 1. The van der Waals surface area contributed by atoms with Crippen molar-refractivity contribution >= 4 is 29.4 Å². The lowest BCUT2D eigenvalue weighted by molar-refractivity contribution is -0.137. The SMILES string of the molecule is C=C(NC(=O)C(=C)N1Cc2cccc(-c3ccc(NC(C)=O)cc3)c2C1=O)C(=O)OC. The topological polar surface area (TPSA) is 105 Å². The molecule has 0 aromatic heterocycles. The molecule has 0 unspecified atom stereocenters. The number of nitrogens with one attached hydrogen (secondary N) is 2. The van der Waals surface area contributed by atoms with Gasteiger partial charge in [0.1, 0.15) is 11.4 Å². The molecule has 3 amide bonds. The first-order valence-electron chi connectivity index (χ1n) is 9.32.